The molecule has 0 atom stereocenters. The van der Waals surface area contributed by atoms with Crippen molar-refractivity contribution >= 4 is 29.9 Å². The maximum atomic E-state index is 5.95. The Hall–Kier alpha value is -1.02. The summed E-state index contributed by atoms with van der Waals surface area (Å²) in [6.45, 7) is 8.37. The summed E-state index contributed by atoms with van der Waals surface area (Å²) in [6.07, 6.45) is 3.56. The smallest absolute Gasteiger partial charge is 0.193 e. The fourth-order valence-electron chi connectivity index (χ4n) is 3.24. The molecule has 0 unspecified atom stereocenters. The third-order valence-electron chi connectivity index (χ3n) is 4.83. The van der Waals surface area contributed by atoms with Crippen LogP contribution in [-0.4, -0.2) is 57.9 Å². The Bertz CT molecular complexity index is 540. The summed E-state index contributed by atoms with van der Waals surface area (Å²) >= 11 is 0. The summed E-state index contributed by atoms with van der Waals surface area (Å²) in [5.41, 5.74) is 2.36. The molecule has 0 radical (unpaired) electrons. The molecule has 0 saturated carbocycles. The molecule has 1 aliphatic heterocycles. The number of aliphatic imine (C=N–C) groups is 1. The number of aryl methyl sites for hydroxylation is 2. The summed E-state index contributed by atoms with van der Waals surface area (Å²) in [5.74, 6) is 2.70. The maximum Gasteiger partial charge on any atom is 0.193 e. The number of rotatable bonds is 7. The maximum absolute atomic E-state index is 5.95. The molecular weight excluding hydrogens is 441 g/mol. The molecule has 26 heavy (non-hydrogen) atoms. The second kappa shape index (κ2) is 12.4. The predicted octanol–water partition coefficient (Wildman–Crippen LogP) is 3.62. The van der Waals surface area contributed by atoms with Crippen molar-refractivity contribution in [3.63, 3.8) is 0 Å². The first-order chi connectivity index (χ1) is 12.1. The van der Waals surface area contributed by atoms with Gasteiger partial charge in [0.2, 0.25) is 0 Å². The summed E-state index contributed by atoms with van der Waals surface area (Å²) in [4.78, 5) is 6.59. The summed E-state index contributed by atoms with van der Waals surface area (Å²) in [7, 11) is 3.93. The van der Waals surface area contributed by atoms with Crippen LogP contribution in [0.4, 0.5) is 0 Å². The highest BCUT2D eigenvalue weighted by atomic mass is 127. The largest absolute Gasteiger partial charge is 0.491 e. The van der Waals surface area contributed by atoms with Crippen LogP contribution in [0.5, 0.6) is 5.75 Å². The summed E-state index contributed by atoms with van der Waals surface area (Å²) in [5, 5.41) is 3.39. The quantitative estimate of drug-likeness (QED) is 0.283. The molecule has 1 heterocycles. The van der Waals surface area contributed by atoms with Gasteiger partial charge in [-0.3, -0.25) is 4.99 Å². The number of hydrogen-bond acceptors (Lipinski definition) is 3. The number of benzene rings is 1. The van der Waals surface area contributed by atoms with E-state index in [0.29, 0.717) is 6.61 Å². The number of nitrogens with zero attached hydrogens (tertiary/aromatic N) is 2. The molecule has 0 amide bonds. The standard InChI is InChI=1S/C20H33N3O2.HI/c1-16-6-5-7-17(2)19(16)25-15-11-22-20(21-3)23(4)12-8-18-9-13-24-14-10-18;/h5-7,18H,8-15H2,1-4H3,(H,21,22);1H. The second-order valence-electron chi connectivity index (χ2n) is 6.81. The highest BCUT2D eigenvalue weighted by Gasteiger charge is 2.15. The molecule has 0 bridgehead atoms. The van der Waals surface area contributed by atoms with Crippen molar-refractivity contribution in [2.24, 2.45) is 10.9 Å². The van der Waals surface area contributed by atoms with E-state index in [9.17, 15) is 0 Å². The highest BCUT2D eigenvalue weighted by Crippen LogP contribution is 2.22. The van der Waals surface area contributed by atoms with Gasteiger partial charge < -0.3 is 19.7 Å². The fourth-order valence-corrected chi connectivity index (χ4v) is 3.24. The summed E-state index contributed by atoms with van der Waals surface area (Å²) in [6, 6.07) is 6.22. The topological polar surface area (TPSA) is 46.1 Å². The van der Waals surface area contributed by atoms with Gasteiger partial charge in [0.1, 0.15) is 12.4 Å². The van der Waals surface area contributed by atoms with Gasteiger partial charge in [-0.15, -0.1) is 24.0 Å². The molecule has 1 aromatic carbocycles. The van der Waals surface area contributed by atoms with Crippen LogP contribution in [0.15, 0.2) is 23.2 Å². The molecule has 1 aromatic rings. The summed E-state index contributed by atoms with van der Waals surface area (Å²) < 4.78 is 11.4. The van der Waals surface area contributed by atoms with Crippen molar-refractivity contribution in [1.82, 2.24) is 10.2 Å². The Balaban J connectivity index is 0.00000338. The van der Waals surface area contributed by atoms with Crippen molar-refractivity contribution in [1.29, 1.82) is 0 Å². The third-order valence-corrected chi connectivity index (χ3v) is 4.83. The van der Waals surface area contributed by atoms with Crippen LogP contribution in [0.3, 0.4) is 0 Å². The first kappa shape index (κ1) is 23.0. The minimum absolute atomic E-state index is 0. The van der Waals surface area contributed by atoms with E-state index in [-0.39, 0.29) is 24.0 Å². The highest BCUT2D eigenvalue weighted by molar-refractivity contribution is 14.0. The van der Waals surface area contributed by atoms with Crippen molar-refractivity contribution < 1.29 is 9.47 Å². The zero-order valence-corrected chi connectivity index (χ0v) is 18.9. The number of nitrogens with one attached hydrogen (secondary N) is 1. The lowest BCUT2D eigenvalue weighted by Gasteiger charge is -2.26. The van der Waals surface area contributed by atoms with Crippen LogP contribution >= 0.6 is 24.0 Å². The van der Waals surface area contributed by atoms with E-state index < -0.39 is 0 Å². The van der Waals surface area contributed by atoms with Gasteiger partial charge >= 0.3 is 0 Å². The van der Waals surface area contributed by atoms with Gasteiger partial charge in [0, 0.05) is 33.9 Å². The van der Waals surface area contributed by atoms with E-state index in [1.165, 1.54) is 30.4 Å². The lowest BCUT2D eigenvalue weighted by Crippen LogP contribution is -2.41. The number of halogens is 1. The van der Waals surface area contributed by atoms with Crippen molar-refractivity contribution in [3.8, 4) is 5.75 Å². The van der Waals surface area contributed by atoms with Gasteiger partial charge in [0.25, 0.3) is 0 Å². The van der Waals surface area contributed by atoms with Crippen LogP contribution in [0, 0.1) is 19.8 Å². The van der Waals surface area contributed by atoms with E-state index in [0.717, 1.165) is 43.9 Å². The van der Waals surface area contributed by atoms with Crippen molar-refractivity contribution in [2.75, 3.05) is 47.0 Å². The zero-order chi connectivity index (χ0) is 18.1. The first-order valence-electron chi connectivity index (χ1n) is 9.30. The lowest BCUT2D eigenvalue weighted by atomic mass is 9.96. The normalized spacial score (nSPS) is 15.3. The van der Waals surface area contributed by atoms with Crippen molar-refractivity contribution in [2.45, 2.75) is 33.1 Å². The van der Waals surface area contributed by atoms with Crippen LogP contribution in [0.1, 0.15) is 30.4 Å². The van der Waals surface area contributed by atoms with Gasteiger partial charge in [0.05, 0.1) is 6.54 Å². The number of ether oxygens (including phenoxy) is 2. The van der Waals surface area contributed by atoms with E-state index in [2.05, 4.69) is 54.3 Å². The van der Waals surface area contributed by atoms with Gasteiger partial charge in [-0.2, -0.15) is 0 Å². The van der Waals surface area contributed by atoms with Gasteiger partial charge in [-0.1, -0.05) is 18.2 Å². The molecule has 0 aliphatic carbocycles. The average Bonchev–Trinajstić information content (AvgIpc) is 2.62. The zero-order valence-electron chi connectivity index (χ0n) is 16.6. The van der Waals surface area contributed by atoms with Gasteiger partial charge in [-0.05, 0) is 50.2 Å². The second-order valence-corrected chi connectivity index (χ2v) is 6.81. The molecule has 148 valence electrons. The van der Waals surface area contributed by atoms with E-state index in [4.69, 9.17) is 9.47 Å². The molecule has 1 fully saturated rings. The third kappa shape index (κ3) is 7.31. The van der Waals surface area contributed by atoms with Crippen LogP contribution in [0.2, 0.25) is 0 Å². The molecule has 1 N–H and O–H groups in total. The molecule has 6 heteroatoms. The SMILES string of the molecule is CN=C(NCCOc1c(C)cccc1C)N(C)CCC1CCOCC1.I. The monoisotopic (exact) mass is 475 g/mol. The number of guanidine groups is 1. The molecule has 5 nitrogen and oxygen atoms in total. The van der Waals surface area contributed by atoms with E-state index in [1.54, 1.807) is 0 Å². The Morgan fingerprint density at radius 3 is 2.54 bits per heavy atom. The molecule has 1 aliphatic rings. The minimum Gasteiger partial charge on any atom is -0.491 e. The fraction of sp³-hybridized carbons (Fsp3) is 0.650. The molecular formula is C20H34IN3O2. The lowest BCUT2D eigenvalue weighted by molar-refractivity contribution is 0.0625. The Morgan fingerprint density at radius 1 is 1.27 bits per heavy atom. The molecule has 0 aromatic heterocycles. The average molecular weight is 475 g/mol. The molecule has 0 spiro atoms. The van der Waals surface area contributed by atoms with E-state index in [1.807, 2.05) is 7.05 Å². The Labute approximate surface area is 175 Å². The van der Waals surface area contributed by atoms with Gasteiger partial charge in [0.15, 0.2) is 5.96 Å². The number of para-hydroxylation sites is 1. The Kier molecular flexibility index (Phi) is 11.0. The van der Waals surface area contributed by atoms with Crippen LogP contribution in [0.25, 0.3) is 0 Å². The Morgan fingerprint density at radius 2 is 1.92 bits per heavy atom. The first-order valence-corrected chi connectivity index (χ1v) is 9.30. The molecule has 2 rings (SSSR count). The van der Waals surface area contributed by atoms with E-state index >= 15 is 0 Å². The van der Waals surface area contributed by atoms with Crippen LogP contribution < -0.4 is 10.1 Å². The predicted molar refractivity (Wildman–Crippen MR) is 119 cm³/mol. The number of hydrogen-bond donors (Lipinski definition) is 1. The minimum atomic E-state index is 0. The molecule has 1 saturated heterocycles. The van der Waals surface area contributed by atoms with Crippen LogP contribution in [-0.2, 0) is 4.74 Å². The van der Waals surface area contributed by atoms with Crippen molar-refractivity contribution in [3.05, 3.63) is 29.3 Å². The van der Waals surface area contributed by atoms with Gasteiger partial charge in [-0.25, -0.2) is 0 Å².